The third kappa shape index (κ3) is 3.70. The highest BCUT2D eigenvalue weighted by atomic mass is 35.5. The maximum absolute atomic E-state index is 11.2. The van der Waals surface area contributed by atoms with Gasteiger partial charge in [0.2, 0.25) is 0 Å². The molecule has 100 valence electrons. The van der Waals surface area contributed by atoms with Crippen LogP contribution in [0, 0.1) is 0 Å². The molecule has 0 aromatic rings. The van der Waals surface area contributed by atoms with Gasteiger partial charge < -0.3 is 9.22 Å². The lowest BCUT2D eigenvalue weighted by atomic mass is 10.0. The summed E-state index contributed by atoms with van der Waals surface area (Å²) in [6.45, 7) is 0.0761. The molecule has 0 bridgehead atoms. The second kappa shape index (κ2) is 4.27. The lowest BCUT2D eigenvalue weighted by molar-refractivity contribution is -0.874. The maximum Gasteiger partial charge on any atom is 0.425 e. The van der Waals surface area contributed by atoms with E-state index in [2.05, 4.69) is 0 Å². The van der Waals surface area contributed by atoms with Crippen molar-refractivity contribution in [3.05, 3.63) is 0 Å². The van der Waals surface area contributed by atoms with Gasteiger partial charge in [0, 0.05) is 11.8 Å². The number of likely N-dealkylation sites (N-methyl/N-ethyl adjacent to an activating group) is 1. The third-order valence-corrected chi connectivity index (χ3v) is 3.66. The molecular formula is C8H16ClN2O5S+. The van der Waals surface area contributed by atoms with E-state index in [1.165, 1.54) is 0 Å². The monoisotopic (exact) mass is 287 g/mol. The van der Waals surface area contributed by atoms with Crippen molar-refractivity contribution in [2.24, 2.45) is 0 Å². The highest BCUT2D eigenvalue weighted by molar-refractivity contribution is 7.85. The van der Waals surface area contributed by atoms with E-state index < -0.39 is 27.5 Å². The van der Waals surface area contributed by atoms with Gasteiger partial charge in [-0.25, -0.2) is 9.21 Å². The van der Waals surface area contributed by atoms with Crippen molar-refractivity contribution in [1.29, 1.82) is 0 Å². The molecule has 1 atom stereocenters. The van der Waals surface area contributed by atoms with E-state index in [0.29, 0.717) is 4.48 Å². The first-order chi connectivity index (χ1) is 7.45. The fraction of sp³-hybridized carbons (Fsp3) is 0.875. The molecule has 9 heteroatoms. The topological polar surface area (TPSA) is 83.9 Å². The van der Waals surface area contributed by atoms with Crippen LogP contribution in [0.5, 0.6) is 0 Å². The zero-order valence-corrected chi connectivity index (χ0v) is 11.5. The van der Waals surface area contributed by atoms with Crippen LogP contribution in [0.15, 0.2) is 0 Å². The summed E-state index contributed by atoms with van der Waals surface area (Å²) in [6.07, 6.45) is -0.802. The van der Waals surface area contributed by atoms with Crippen molar-refractivity contribution in [3.63, 3.8) is 0 Å². The molecule has 0 aliphatic carbocycles. The molecule has 1 saturated heterocycles. The average Bonchev–Trinajstić information content (AvgIpc) is 2.28. The van der Waals surface area contributed by atoms with Crippen LogP contribution < -0.4 is 0 Å². The number of carbonyl (C=O) groups is 1. The molecule has 1 N–H and O–H groups in total. The lowest BCUT2D eigenvalue weighted by Crippen LogP contribution is -2.58. The van der Waals surface area contributed by atoms with Gasteiger partial charge in [0.25, 0.3) is 10.1 Å². The van der Waals surface area contributed by atoms with Crippen LogP contribution in [0.4, 0.5) is 4.79 Å². The molecule has 0 spiro atoms. The molecular weight excluding hydrogens is 272 g/mol. The van der Waals surface area contributed by atoms with E-state index in [0.717, 1.165) is 4.42 Å². The van der Waals surface area contributed by atoms with Gasteiger partial charge in [-0.15, -0.1) is 0 Å². The predicted molar refractivity (Wildman–Crippen MR) is 61.1 cm³/mol. The summed E-state index contributed by atoms with van der Waals surface area (Å²) in [6, 6.07) is 0. The highest BCUT2D eigenvalue weighted by Crippen LogP contribution is 2.30. The summed E-state index contributed by atoms with van der Waals surface area (Å²) < 4.78 is 36.9. The van der Waals surface area contributed by atoms with Crippen molar-refractivity contribution in [2.45, 2.75) is 5.54 Å². The summed E-state index contributed by atoms with van der Waals surface area (Å²) in [4.78, 5) is 11.2. The Morgan fingerprint density at radius 2 is 2.06 bits per heavy atom. The minimum absolute atomic E-state index is 0.162. The molecule has 0 saturated carbocycles. The molecule has 0 aromatic carbocycles. The van der Waals surface area contributed by atoms with Gasteiger partial charge in [-0.05, 0) is 0 Å². The number of rotatable bonds is 4. The van der Waals surface area contributed by atoms with Crippen molar-refractivity contribution in [2.75, 3.05) is 40.0 Å². The molecule has 1 heterocycles. The van der Waals surface area contributed by atoms with E-state index in [1.54, 1.807) is 0 Å². The fourth-order valence-corrected chi connectivity index (χ4v) is 3.24. The molecule has 1 aliphatic heterocycles. The summed E-state index contributed by atoms with van der Waals surface area (Å²) >= 11 is 5.77. The number of nitrogens with zero attached hydrogens (tertiary/aromatic N) is 2. The highest BCUT2D eigenvalue weighted by Gasteiger charge is 2.53. The zero-order valence-electron chi connectivity index (χ0n) is 9.88. The van der Waals surface area contributed by atoms with Crippen LogP contribution >= 0.6 is 11.8 Å². The molecule has 7 nitrogen and oxygen atoms in total. The number of hydrogen-bond donors (Lipinski definition) is 1. The fourth-order valence-electron chi connectivity index (χ4n) is 1.98. The summed E-state index contributed by atoms with van der Waals surface area (Å²) in [5.41, 5.74) is -1.25. The number of halogens is 1. The molecule has 1 rings (SSSR count). The standard InChI is InChI=1S/C8H15ClN2O5S/c1-11(2,3)4-8(6-17(13,14)15)5-16-7(12)10(8)9/h4-6H2,1-3H3/p+1. The smallest absolute Gasteiger partial charge is 0.425 e. The minimum Gasteiger partial charge on any atom is -0.446 e. The van der Waals surface area contributed by atoms with E-state index in [-0.39, 0.29) is 13.2 Å². The van der Waals surface area contributed by atoms with Gasteiger partial charge in [0.05, 0.1) is 21.1 Å². The van der Waals surface area contributed by atoms with Crippen LogP contribution in [0.3, 0.4) is 0 Å². The number of ether oxygens (including phenoxy) is 1. The Labute approximate surface area is 105 Å². The molecule has 1 unspecified atom stereocenters. The van der Waals surface area contributed by atoms with Crippen LogP contribution in [-0.2, 0) is 14.9 Å². The van der Waals surface area contributed by atoms with E-state index >= 15 is 0 Å². The quantitative estimate of drug-likeness (QED) is 0.444. The average molecular weight is 288 g/mol. The van der Waals surface area contributed by atoms with Gasteiger partial charge in [-0.1, -0.05) is 0 Å². The summed E-state index contributed by atoms with van der Waals surface area (Å²) in [5, 5.41) is 0. The van der Waals surface area contributed by atoms with Crippen molar-refractivity contribution in [1.82, 2.24) is 4.42 Å². The Morgan fingerprint density at radius 1 is 1.53 bits per heavy atom. The normalized spacial score (nSPS) is 26.2. The predicted octanol–water partition coefficient (Wildman–Crippen LogP) is -0.0748. The van der Waals surface area contributed by atoms with Gasteiger partial charge in [-0.3, -0.25) is 4.55 Å². The Kier molecular flexibility index (Phi) is 3.64. The third-order valence-electron chi connectivity index (χ3n) is 2.26. The molecule has 1 aliphatic rings. The first kappa shape index (κ1) is 14.5. The number of quaternary nitrogens is 1. The van der Waals surface area contributed by atoms with Gasteiger partial charge >= 0.3 is 6.09 Å². The second-order valence-corrected chi connectivity index (χ2v) is 7.03. The van der Waals surface area contributed by atoms with Gasteiger partial charge in [0.1, 0.15) is 18.9 Å². The van der Waals surface area contributed by atoms with E-state index in [9.17, 15) is 13.2 Å². The summed E-state index contributed by atoms with van der Waals surface area (Å²) in [5.74, 6) is -0.648. The Balaban J connectivity index is 3.06. The van der Waals surface area contributed by atoms with Gasteiger partial charge in [-0.2, -0.15) is 8.42 Å². The number of amides is 1. The number of carbonyl (C=O) groups excluding carboxylic acids is 1. The lowest BCUT2D eigenvalue weighted by Gasteiger charge is -2.36. The van der Waals surface area contributed by atoms with Crippen LogP contribution in [0.25, 0.3) is 0 Å². The van der Waals surface area contributed by atoms with Crippen molar-refractivity contribution < 1.29 is 27.0 Å². The molecule has 17 heavy (non-hydrogen) atoms. The largest absolute Gasteiger partial charge is 0.446 e. The van der Waals surface area contributed by atoms with Crippen molar-refractivity contribution in [3.8, 4) is 0 Å². The molecule has 1 amide bonds. The SMILES string of the molecule is C[N+](C)(C)CC1(CS(=O)(=O)O)COC(=O)N1Cl. The number of hydrogen-bond acceptors (Lipinski definition) is 4. The Morgan fingerprint density at radius 3 is 2.35 bits per heavy atom. The second-order valence-electron chi connectivity index (χ2n) is 5.23. The van der Waals surface area contributed by atoms with E-state index in [1.807, 2.05) is 21.1 Å². The maximum atomic E-state index is 11.2. The molecule has 0 radical (unpaired) electrons. The molecule has 0 aromatic heterocycles. The minimum atomic E-state index is -4.26. The van der Waals surface area contributed by atoms with E-state index in [4.69, 9.17) is 21.1 Å². The Bertz CT molecular complexity index is 418. The summed E-state index contributed by atoms with van der Waals surface area (Å²) in [7, 11) is 1.19. The van der Waals surface area contributed by atoms with Crippen molar-refractivity contribution >= 4 is 28.0 Å². The van der Waals surface area contributed by atoms with Crippen LogP contribution in [0.2, 0.25) is 0 Å². The van der Waals surface area contributed by atoms with Crippen LogP contribution in [-0.4, -0.2) is 73.6 Å². The van der Waals surface area contributed by atoms with Gasteiger partial charge in [0.15, 0.2) is 5.54 Å². The van der Waals surface area contributed by atoms with Crippen LogP contribution in [0.1, 0.15) is 0 Å². The Hall–Kier alpha value is -0.570. The first-order valence-electron chi connectivity index (χ1n) is 4.84. The first-order valence-corrected chi connectivity index (χ1v) is 6.78. The number of cyclic esters (lactones) is 1. The zero-order chi connectivity index (χ0) is 13.5. The molecule has 1 fully saturated rings.